The number of imide groups is 1. The summed E-state index contributed by atoms with van der Waals surface area (Å²) in [5.74, 6) is 2.45. The maximum atomic E-state index is 13.2. The molecule has 3 fully saturated rings. The van der Waals surface area contributed by atoms with Crippen molar-refractivity contribution in [3.05, 3.63) is 60.2 Å². The minimum Gasteiger partial charge on any atom is -0.485 e. The number of allylic oxidation sites excluding steroid dienone is 2. The summed E-state index contributed by atoms with van der Waals surface area (Å²) in [5, 5.41) is 0. The Bertz CT molecular complexity index is 1200. The predicted octanol–water partition coefficient (Wildman–Crippen LogP) is 3.23. The molecule has 0 aromatic heterocycles. The minimum atomic E-state index is -0.216. The lowest BCUT2D eigenvalue weighted by atomic mass is 9.63. The van der Waals surface area contributed by atoms with Crippen molar-refractivity contribution >= 4 is 23.3 Å². The standard InChI is InChI=1S/C26H21NO6/c28-20(13-1-8-21-22(9-13)33-12-32-21)11-31-15-4-2-14(3-5-15)27-25(29)23-16-6-7-17(19-10-18(16)19)24(23)26(27)30/h1-9,16-19,23-24H,10-12H2/t16-,17+,18+,19-,23-,24+. The zero-order valence-corrected chi connectivity index (χ0v) is 17.7. The van der Waals surface area contributed by atoms with E-state index >= 15 is 0 Å². The highest BCUT2D eigenvalue weighted by molar-refractivity contribution is 6.22. The second-order valence-corrected chi connectivity index (χ2v) is 9.44. The number of ketones is 1. The monoisotopic (exact) mass is 443 g/mol. The van der Waals surface area contributed by atoms with Crippen molar-refractivity contribution in [2.24, 2.45) is 35.5 Å². The van der Waals surface area contributed by atoms with E-state index in [1.165, 1.54) is 4.90 Å². The molecule has 166 valence electrons. The fraction of sp³-hybridized carbons (Fsp3) is 0.346. The fourth-order valence-electron chi connectivity index (χ4n) is 6.21. The SMILES string of the molecule is O=C(COc1ccc(N2C(=O)[C@@H]3[C@@H]4C=C[C@@H]([C@H]5C[C@@H]45)[C@@H]3C2=O)cc1)c1ccc2c(c1)OCO2. The summed E-state index contributed by atoms with van der Waals surface area (Å²) >= 11 is 0. The van der Waals surface area contributed by atoms with Gasteiger partial charge in [0.2, 0.25) is 18.6 Å². The van der Waals surface area contributed by atoms with Gasteiger partial charge < -0.3 is 14.2 Å². The van der Waals surface area contributed by atoms with E-state index < -0.39 is 0 Å². The number of nitrogens with zero attached hydrogens (tertiary/aromatic N) is 1. The quantitative estimate of drug-likeness (QED) is 0.401. The van der Waals surface area contributed by atoms with Gasteiger partial charge in [0.1, 0.15) is 5.75 Å². The van der Waals surface area contributed by atoms with Crippen LogP contribution in [-0.2, 0) is 9.59 Å². The smallest absolute Gasteiger partial charge is 0.238 e. The molecule has 2 amide bonds. The van der Waals surface area contributed by atoms with Crippen molar-refractivity contribution in [3.63, 3.8) is 0 Å². The van der Waals surface area contributed by atoms with Crippen LogP contribution in [0.1, 0.15) is 16.8 Å². The summed E-state index contributed by atoms with van der Waals surface area (Å²) in [6, 6.07) is 11.8. The average Bonchev–Trinajstić information content (AvgIpc) is 3.47. The van der Waals surface area contributed by atoms with Crippen molar-refractivity contribution in [3.8, 4) is 17.2 Å². The Labute approximate surface area is 189 Å². The van der Waals surface area contributed by atoms with Gasteiger partial charge in [0.15, 0.2) is 23.9 Å². The highest BCUT2D eigenvalue weighted by Crippen LogP contribution is 2.65. The second-order valence-electron chi connectivity index (χ2n) is 9.44. The molecule has 2 aliphatic heterocycles. The molecule has 33 heavy (non-hydrogen) atoms. The molecular formula is C26H21NO6. The van der Waals surface area contributed by atoms with Crippen LogP contribution in [-0.4, -0.2) is 31.0 Å². The average molecular weight is 443 g/mol. The number of Topliss-reactive ketones (excluding diaryl/α,β-unsaturated/α-hetero) is 1. The van der Waals surface area contributed by atoms with E-state index in [0.717, 1.165) is 6.42 Å². The molecule has 8 rings (SSSR count). The van der Waals surface area contributed by atoms with Gasteiger partial charge >= 0.3 is 0 Å². The van der Waals surface area contributed by atoms with Crippen LogP contribution in [0.15, 0.2) is 54.6 Å². The van der Waals surface area contributed by atoms with Gasteiger partial charge in [0, 0.05) is 5.56 Å². The van der Waals surface area contributed by atoms with Crippen LogP contribution in [0.25, 0.3) is 0 Å². The number of ether oxygens (including phenoxy) is 3. The molecule has 6 atom stereocenters. The molecule has 2 aromatic carbocycles. The Morgan fingerprint density at radius 3 is 2.27 bits per heavy atom. The third kappa shape index (κ3) is 2.71. The number of hydrogen-bond donors (Lipinski definition) is 0. The van der Waals surface area contributed by atoms with Crippen LogP contribution in [0.5, 0.6) is 17.2 Å². The summed E-state index contributed by atoms with van der Waals surface area (Å²) in [6.45, 7) is 0.0147. The number of amides is 2. The van der Waals surface area contributed by atoms with Crippen molar-refractivity contribution in [2.75, 3.05) is 18.3 Å². The first-order valence-corrected chi connectivity index (χ1v) is 11.3. The number of carbonyl (C=O) groups is 3. The fourth-order valence-corrected chi connectivity index (χ4v) is 6.21. The van der Waals surface area contributed by atoms with Gasteiger partial charge in [0.05, 0.1) is 17.5 Å². The maximum Gasteiger partial charge on any atom is 0.238 e. The largest absolute Gasteiger partial charge is 0.485 e. The lowest BCUT2D eigenvalue weighted by molar-refractivity contribution is -0.124. The van der Waals surface area contributed by atoms with Gasteiger partial charge in [0.25, 0.3) is 0 Å². The van der Waals surface area contributed by atoms with Gasteiger partial charge in [-0.2, -0.15) is 0 Å². The van der Waals surface area contributed by atoms with E-state index in [0.29, 0.717) is 40.3 Å². The highest BCUT2D eigenvalue weighted by Gasteiger charge is 2.67. The number of fused-ring (bicyclic) bond motifs is 1. The lowest BCUT2D eigenvalue weighted by Crippen LogP contribution is -2.40. The van der Waals surface area contributed by atoms with Crippen LogP contribution >= 0.6 is 0 Å². The number of rotatable bonds is 5. The van der Waals surface area contributed by atoms with E-state index in [1.807, 2.05) is 0 Å². The summed E-state index contributed by atoms with van der Waals surface area (Å²) in [6.07, 6.45) is 5.48. The molecule has 0 N–H and O–H groups in total. The number of anilines is 1. The van der Waals surface area contributed by atoms with Crippen molar-refractivity contribution < 1.29 is 28.6 Å². The zero-order chi connectivity index (χ0) is 22.3. The molecule has 2 aromatic rings. The first-order chi connectivity index (χ1) is 16.1. The lowest BCUT2D eigenvalue weighted by Gasteiger charge is -2.37. The highest BCUT2D eigenvalue weighted by atomic mass is 16.7. The van der Waals surface area contributed by atoms with E-state index in [-0.39, 0.29) is 54.7 Å². The first kappa shape index (κ1) is 18.9. The van der Waals surface area contributed by atoms with Crippen LogP contribution in [0.4, 0.5) is 5.69 Å². The summed E-state index contributed by atoms with van der Waals surface area (Å²) in [7, 11) is 0. The number of carbonyl (C=O) groups excluding carboxylic acids is 3. The van der Waals surface area contributed by atoms with Gasteiger partial charge in [-0.25, -0.2) is 0 Å². The van der Waals surface area contributed by atoms with Gasteiger partial charge in [-0.1, -0.05) is 12.2 Å². The zero-order valence-electron chi connectivity index (χ0n) is 17.7. The van der Waals surface area contributed by atoms with Crippen LogP contribution < -0.4 is 19.1 Å². The molecular weight excluding hydrogens is 422 g/mol. The van der Waals surface area contributed by atoms with E-state index in [1.54, 1.807) is 42.5 Å². The molecule has 7 heteroatoms. The minimum absolute atomic E-state index is 0.0821. The predicted molar refractivity (Wildman–Crippen MR) is 116 cm³/mol. The third-order valence-corrected chi connectivity index (χ3v) is 7.82. The van der Waals surface area contributed by atoms with Crippen LogP contribution in [0.2, 0.25) is 0 Å². The summed E-state index contributed by atoms with van der Waals surface area (Å²) in [4.78, 5) is 40.3. The first-order valence-electron chi connectivity index (χ1n) is 11.3. The molecule has 2 saturated carbocycles. The Hall–Kier alpha value is -3.61. The second kappa shape index (κ2) is 6.70. The Kier molecular flexibility index (Phi) is 3.84. The Morgan fingerprint density at radius 1 is 0.909 bits per heavy atom. The van der Waals surface area contributed by atoms with Crippen molar-refractivity contribution in [1.82, 2.24) is 0 Å². The molecule has 2 heterocycles. The molecule has 7 nitrogen and oxygen atoms in total. The molecule has 2 bridgehead atoms. The molecule has 0 spiro atoms. The molecule has 1 saturated heterocycles. The third-order valence-electron chi connectivity index (χ3n) is 7.82. The van der Waals surface area contributed by atoms with E-state index in [9.17, 15) is 14.4 Å². The molecule has 6 aliphatic rings. The molecule has 0 radical (unpaired) electrons. The molecule has 0 unspecified atom stereocenters. The number of benzene rings is 2. The van der Waals surface area contributed by atoms with Crippen LogP contribution in [0.3, 0.4) is 0 Å². The maximum absolute atomic E-state index is 13.2. The van der Waals surface area contributed by atoms with E-state index in [2.05, 4.69) is 12.2 Å². The van der Waals surface area contributed by atoms with Gasteiger partial charge in [-0.15, -0.1) is 0 Å². The number of hydrogen-bond acceptors (Lipinski definition) is 6. The topological polar surface area (TPSA) is 82.1 Å². The Morgan fingerprint density at radius 2 is 1.58 bits per heavy atom. The van der Waals surface area contributed by atoms with Crippen molar-refractivity contribution in [1.29, 1.82) is 0 Å². The summed E-state index contributed by atoms with van der Waals surface area (Å²) in [5.41, 5.74) is 1.04. The van der Waals surface area contributed by atoms with Gasteiger partial charge in [-0.3, -0.25) is 19.3 Å². The van der Waals surface area contributed by atoms with Crippen LogP contribution in [0, 0.1) is 35.5 Å². The summed E-state index contributed by atoms with van der Waals surface area (Å²) < 4.78 is 16.2. The van der Waals surface area contributed by atoms with Gasteiger partial charge in [-0.05, 0) is 72.6 Å². The normalized spacial score (nSPS) is 32.1. The van der Waals surface area contributed by atoms with Crippen molar-refractivity contribution in [2.45, 2.75) is 6.42 Å². The molecule has 4 aliphatic carbocycles. The Balaban J connectivity index is 1.05. The van der Waals surface area contributed by atoms with E-state index in [4.69, 9.17) is 14.2 Å².